The lowest BCUT2D eigenvalue weighted by molar-refractivity contribution is 0.0530. The Labute approximate surface area is 131 Å². The number of amides is 1. The van der Waals surface area contributed by atoms with Gasteiger partial charge in [0.2, 0.25) is 10.0 Å². The summed E-state index contributed by atoms with van der Waals surface area (Å²) >= 11 is 0. The Morgan fingerprint density at radius 2 is 1.82 bits per heavy atom. The van der Waals surface area contributed by atoms with Crippen LogP contribution in [-0.2, 0) is 14.8 Å². The van der Waals surface area contributed by atoms with Crippen molar-refractivity contribution in [1.29, 1.82) is 0 Å². The highest BCUT2D eigenvalue weighted by molar-refractivity contribution is 7.92. The lowest BCUT2D eigenvalue weighted by Crippen LogP contribution is -2.34. The van der Waals surface area contributed by atoms with Gasteiger partial charge in [-0.15, -0.1) is 0 Å². The van der Waals surface area contributed by atoms with Gasteiger partial charge in [-0.05, 0) is 39.0 Å². The summed E-state index contributed by atoms with van der Waals surface area (Å²) in [5, 5.41) is 5.71. The van der Waals surface area contributed by atoms with E-state index in [0.29, 0.717) is 18.8 Å². The molecule has 0 aliphatic carbocycles. The van der Waals surface area contributed by atoms with Crippen molar-refractivity contribution in [2.75, 3.05) is 29.4 Å². The Bertz CT molecular complexity index is 609. The monoisotopic (exact) mass is 329 g/mol. The molecule has 0 saturated heterocycles. The minimum absolute atomic E-state index is 0.388. The van der Waals surface area contributed by atoms with Gasteiger partial charge in [-0.25, -0.2) is 13.2 Å². The number of anilines is 2. The Balaban J connectivity index is 2.39. The van der Waals surface area contributed by atoms with Crippen LogP contribution in [0.3, 0.4) is 0 Å². The molecule has 0 bridgehead atoms. The molecule has 0 unspecified atom stereocenters. The van der Waals surface area contributed by atoms with Crippen LogP contribution >= 0.6 is 0 Å². The minimum atomic E-state index is -3.30. The Hall–Kier alpha value is -1.96. The first-order chi connectivity index (χ1) is 10.1. The standard InChI is InChI=1S/C14H23N3O4S/c1-14(2,3)21-13(18)16-9-8-15-11-6-5-7-12(10-11)17-22(4,19)20/h5-7,10,15,17H,8-9H2,1-4H3,(H,16,18). The molecule has 124 valence electrons. The first-order valence-corrected chi connectivity index (χ1v) is 8.73. The molecule has 1 amide bonds. The Kier molecular flexibility index (Phi) is 6.04. The van der Waals surface area contributed by atoms with E-state index in [1.807, 2.05) is 0 Å². The van der Waals surface area contributed by atoms with Crippen LogP contribution in [0.5, 0.6) is 0 Å². The van der Waals surface area contributed by atoms with E-state index in [4.69, 9.17) is 4.74 Å². The van der Waals surface area contributed by atoms with Gasteiger partial charge in [0.25, 0.3) is 0 Å². The van der Waals surface area contributed by atoms with E-state index in [2.05, 4.69) is 15.4 Å². The highest BCUT2D eigenvalue weighted by Gasteiger charge is 2.15. The summed E-state index contributed by atoms with van der Waals surface area (Å²) in [6, 6.07) is 6.87. The summed E-state index contributed by atoms with van der Waals surface area (Å²) in [5.41, 5.74) is 0.704. The van der Waals surface area contributed by atoms with Crippen LogP contribution in [0.2, 0.25) is 0 Å². The molecule has 1 rings (SSSR count). The van der Waals surface area contributed by atoms with E-state index < -0.39 is 21.7 Å². The zero-order valence-corrected chi connectivity index (χ0v) is 14.1. The summed E-state index contributed by atoms with van der Waals surface area (Å²) in [5.74, 6) is 0. The molecule has 0 atom stereocenters. The number of rotatable bonds is 6. The second-order valence-electron chi connectivity index (χ2n) is 5.81. The maximum absolute atomic E-state index is 11.4. The lowest BCUT2D eigenvalue weighted by atomic mass is 10.2. The van der Waals surface area contributed by atoms with Crippen LogP contribution in [0.4, 0.5) is 16.2 Å². The maximum atomic E-state index is 11.4. The molecule has 0 aliphatic rings. The van der Waals surface area contributed by atoms with Gasteiger partial charge in [0.1, 0.15) is 5.60 Å². The van der Waals surface area contributed by atoms with Gasteiger partial charge in [0, 0.05) is 18.8 Å². The van der Waals surface area contributed by atoms with Gasteiger partial charge in [0.15, 0.2) is 0 Å². The Morgan fingerprint density at radius 1 is 1.18 bits per heavy atom. The van der Waals surface area contributed by atoms with Crippen LogP contribution in [0, 0.1) is 0 Å². The molecule has 22 heavy (non-hydrogen) atoms. The van der Waals surface area contributed by atoms with E-state index in [1.54, 1.807) is 45.0 Å². The fourth-order valence-corrected chi connectivity index (χ4v) is 2.15. The number of alkyl carbamates (subject to hydrolysis) is 1. The summed E-state index contributed by atoms with van der Waals surface area (Å²) in [4.78, 5) is 11.4. The van der Waals surface area contributed by atoms with E-state index in [9.17, 15) is 13.2 Å². The normalized spacial score (nSPS) is 11.6. The molecular formula is C14H23N3O4S. The quantitative estimate of drug-likeness (QED) is 0.694. The molecule has 0 aromatic heterocycles. The van der Waals surface area contributed by atoms with Crippen molar-refractivity contribution >= 4 is 27.5 Å². The zero-order chi connectivity index (χ0) is 16.8. The molecule has 0 saturated carbocycles. The second-order valence-corrected chi connectivity index (χ2v) is 7.56. The van der Waals surface area contributed by atoms with Gasteiger partial charge in [-0.2, -0.15) is 0 Å². The summed E-state index contributed by atoms with van der Waals surface area (Å²) in [6.07, 6.45) is 0.625. The molecule has 3 N–H and O–H groups in total. The predicted molar refractivity (Wildman–Crippen MR) is 87.6 cm³/mol. The van der Waals surface area contributed by atoms with Crippen LogP contribution < -0.4 is 15.4 Å². The molecule has 0 spiro atoms. The smallest absolute Gasteiger partial charge is 0.407 e. The second kappa shape index (κ2) is 7.35. The maximum Gasteiger partial charge on any atom is 0.407 e. The van der Waals surface area contributed by atoms with Gasteiger partial charge in [-0.3, -0.25) is 4.72 Å². The van der Waals surface area contributed by atoms with E-state index in [1.165, 1.54) is 0 Å². The number of sulfonamides is 1. The molecule has 7 nitrogen and oxygen atoms in total. The Morgan fingerprint density at radius 3 is 2.41 bits per heavy atom. The van der Waals surface area contributed by atoms with Gasteiger partial charge < -0.3 is 15.4 Å². The molecular weight excluding hydrogens is 306 g/mol. The van der Waals surface area contributed by atoms with Crippen LogP contribution in [0.25, 0.3) is 0 Å². The van der Waals surface area contributed by atoms with Crippen LogP contribution in [-0.4, -0.2) is 39.5 Å². The molecule has 0 fully saturated rings. The highest BCUT2D eigenvalue weighted by atomic mass is 32.2. The van der Waals surface area contributed by atoms with Crippen LogP contribution in [0.15, 0.2) is 24.3 Å². The first kappa shape index (κ1) is 18.1. The van der Waals surface area contributed by atoms with Crippen molar-refractivity contribution in [3.63, 3.8) is 0 Å². The van der Waals surface area contributed by atoms with Crippen molar-refractivity contribution in [2.45, 2.75) is 26.4 Å². The number of hydrogen-bond acceptors (Lipinski definition) is 5. The number of carbonyl (C=O) groups excluding carboxylic acids is 1. The van der Waals surface area contributed by atoms with Gasteiger partial charge in [-0.1, -0.05) is 6.07 Å². The molecule has 0 heterocycles. The first-order valence-electron chi connectivity index (χ1n) is 6.84. The van der Waals surface area contributed by atoms with Crippen molar-refractivity contribution in [1.82, 2.24) is 5.32 Å². The predicted octanol–water partition coefficient (Wildman–Crippen LogP) is 1.99. The largest absolute Gasteiger partial charge is 0.444 e. The average Bonchev–Trinajstić information content (AvgIpc) is 2.31. The average molecular weight is 329 g/mol. The number of ether oxygens (including phenoxy) is 1. The van der Waals surface area contributed by atoms with Crippen molar-refractivity contribution in [3.05, 3.63) is 24.3 Å². The van der Waals surface area contributed by atoms with Gasteiger partial charge >= 0.3 is 6.09 Å². The molecule has 8 heteroatoms. The van der Waals surface area contributed by atoms with Gasteiger partial charge in [0.05, 0.1) is 11.9 Å². The van der Waals surface area contributed by atoms with E-state index in [0.717, 1.165) is 11.9 Å². The minimum Gasteiger partial charge on any atom is -0.444 e. The summed E-state index contributed by atoms with van der Waals surface area (Å²) in [7, 11) is -3.30. The van der Waals surface area contributed by atoms with Crippen LogP contribution in [0.1, 0.15) is 20.8 Å². The third-order valence-corrected chi connectivity index (χ3v) is 2.89. The summed E-state index contributed by atoms with van der Waals surface area (Å²) in [6.45, 7) is 6.27. The van der Waals surface area contributed by atoms with Crippen molar-refractivity contribution in [3.8, 4) is 0 Å². The third kappa shape index (κ3) is 8.35. The number of nitrogens with one attached hydrogen (secondary N) is 3. The topological polar surface area (TPSA) is 96.5 Å². The number of hydrogen-bond donors (Lipinski definition) is 3. The van der Waals surface area contributed by atoms with Crippen molar-refractivity contribution < 1.29 is 17.9 Å². The third-order valence-electron chi connectivity index (χ3n) is 2.29. The lowest BCUT2D eigenvalue weighted by Gasteiger charge is -2.19. The molecule has 0 aliphatic heterocycles. The fourth-order valence-electron chi connectivity index (χ4n) is 1.59. The van der Waals surface area contributed by atoms with Crippen molar-refractivity contribution in [2.24, 2.45) is 0 Å². The SMILES string of the molecule is CC(C)(C)OC(=O)NCCNc1cccc(NS(C)(=O)=O)c1. The van der Waals surface area contributed by atoms with E-state index in [-0.39, 0.29) is 0 Å². The number of carbonyl (C=O) groups is 1. The number of benzene rings is 1. The summed E-state index contributed by atoms with van der Waals surface area (Å²) < 4.78 is 29.8. The fraction of sp³-hybridized carbons (Fsp3) is 0.500. The molecule has 1 aromatic carbocycles. The zero-order valence-electron chi connectivity index (χ0n) is 13.3. The van der Waals surface area contributed by atoms with E-state index >= 15 is 0 Å². The highest BCUT2D eigenvalue weighted by Crippen LogP contribution is 2.15. The molecule has 0 radical (unpaired) electrons. The molecule has 1 aromatic rings.